The van der Waals surface area contributed by atoms with Crippen molar-refractivity contribution in [3.05, 3.63) is 124 Å². The van der Waals surface area contributed by atoms with Crippen LogP contribution in [0.25, 0.3) is 17.6 Å². The zero-order valence-electron chi connectivity index (χ0n) is 18.3. The Labute approximate surface area is 200 Å². The lowest BCUT2D eigenvalue weighted by Gasteiger charge is -2.27. The second kappa shape index (κ2) is 8.50. The Bertz CT molecular complexity index is 1430. The summed E-state index contributed by atoms with van der Waals surface area (Å²) in [5, 5.41) is 22.2. The lowest BCUT2D eigenvalue weighted by Crippen LogP contribution is -2.33. The highest BCUT2D eigenvalue weighted by atomic mass is 16.3. The van der Waals surface area contributed by atoms with Gasteiger partial charge in [-0.3, -0.25) is 19.2 Å². The van der Waals surface area contributed by atoms with Gasteiger partial charge in [-0.2, -0.15) is 0 Å². The van der Waals surface area contributed by atoms with Gasteiger partial charge in [0.05, 0.1) is 11.1 Å². The SMILES string of the molecule is O=C1C(=O)c2ccccc2C(O)=C1C(/C=C\c1ccccc1)C1=C(O)c2ccccc2C(=O)C1=O. The molecule has 35 heavy (non-hydrogen) atoms. The molecular weight excluding hydrogens is 444 g/mol. The molecule has 0 amide bonds. The normalized spacial score (nSPS) is 15.8. The third-order valence-electron chi connectivity index (χ3n) is 6.17. The van der Waals surface area contributed by atoms with Crippen LogP contribution in [-0.2, 0) is 9.59 Å². The fourth-order valence-electron chi connectivity index (χ4n) is 4.46. The molecule has 2 aliphatic rings. The summed E-state index contributed by atoms with van der Waals surface area (Å²) >= 11 is 0. The van der Waals surface area contributed by atoms with Gasteiger partial charge in [-0.25, -0.2) is 0 Å². The molecular formula is C29H18O6. The summed E-state index contributed by atoms with van der Waals surface area (Å²) in [6.45, 7) is 0. The van der Waals surface area contributed by atoms with Crippen LogP contribution >= 0.6 is 0 Å². The number of carbonyl (C=O) groups excluding carboxylic acids is 4. The van der Waals surface area contributed by atoms with Crippen LogP contribution in [0.15, 0.2) is 96.1 Å². The van der Waals surface area contributed by atoms with Gasteiger partial charge in [-0.05, 0) is 5.56 Å². The number of hydrogen-bond donors (Lipinski definition) is 2. The second-order valence-electron chi connectivity index (χ2n) is 8.18. The van der Waals surface area contributed by atoms with Crippen molar-refractivity contribution < 1.29 is 29.4 Å². The number of benzene rings is 3. The van der Waals surface area contributed by atoms with Gasteiger partial charge in [0.1, 0.15) is 11.5 Å². The highest BCUT2D eigenvalue weighted by molar-refractivity contribution is 6.55. The van der Waals surface area contributed by atoms with Crippen molar-refractivity contribution in [3.63, 3.8) is 0 Å². The van der Waals surface area contributed by atoms with Gasteiger partial charge in [0.2, 0.25) is 23.1 Å². The first kappa shape index (κ1) is 22.0. The number of aliphatic hydroxyl groups is 2. The maximum atomic E-state index is 13.2. The average molecular weight is 462 g/mol. The van der Waals surface area contributed by atoms with E-state index in [2.05, 4.69) is 0 Å². The van der Waals surface area contributed by atoms with Crippen LogP contribution in [0.2, 0.25) is 0 Å². The molecule has 0 radical (unpaired) electrons. The van der Waals surface area contributed by atoms with Crippen LogP contribution in [0.4, 0.5) is 0 Å². The molecule has 6 nitrogen and oxygen atoms in total. The molecule has 6 heteroatoms. The lowest BCUT2D eigenvalue weighted by molar-refractivity contribution is -0.112. The summed E-state index contributed by atoms with van der Waals surface area (Å²) in [6.07, 6.45) is 3.03. The van der Waals surface area contributed by atoms with Gasteiger partial charge in [0.25, 0.3) is 0 Å². The minimum absolute atomic E-state index is 0.0409. The first-order valence-corrected chi connectivity index (χ1v) is 10.9. The number of fused-ring (bicyclic) bond motifs is 2. The van der Waals surface area contributed by atoms with E-state index in [1.807, 2.05) is 6.07 Å². The Hall–Kier alpha value is -4.84. The standard InChI is InChI=1S/C29H18O6/c30-24-17-10-4-6-12-19(17)26(32)28(34)22(24)21(15-14-16-8-2-1-3-9-16)23-25(31)18-11-5-7-13-20(18)27(33)29(23)35/h1-15,21,30-31H/b15-14-. The van der Waals surface area contributed by atoms with Crippen LogP contribution < -0.4 is 0 Å². The fraction of sp³-hybridized carbons (Fsp3) is 0.0345. The third kappa shape index (κ3) is 3.52. The minimum Gasteiger partial charge on any atom is -0.507 e. The van der Waals surface area contributed by atoms with E-state index < -0.39 is 40.6 Å². The summed E-state index contributed by atoms with van der Waals surface area (Å²) < 4.78 is 0. The molecule has 0 aliphatic heterocycles. The zero-order valence-corrected chi connectivity index (χ0v) is 18.3. The molecule has 3 aromatic carbocycles. The number of allylic oxidation sites excluding steroid dienone is 3. The summed E-state index contributed by atoms with van der Waals surface area (Å²) in [4.78, 5) is 52.3. The molecule has 0 atom stereocenters. The smallest absolute Gasteiger partial charge is 0.234 e. The number of Topliss-reactive ketones (excluding diaryl/α,β-unsaturated/α-hetero) is 4. The lowest BCUT2D eigenvalue weighted by atomic mass is 9.74. The van der Waals surface area contributed by atoms with E-state index in [1.165, 1.54) is 30.3 Å². The number of hydrogen-bond acceptors (Lipinski definition) is 6. The maximum absolute atomic E-state index is 13.2. The Morgan fingerprint density at radius 1 is 0.514 bits per heavy atom. The summed E-state index contributed by atoms with van der Waals surface area (Å²) in [6, 6.07) is 21.2. The molecule has 0 saturated heterocycles. The Morgan fingerprint density at radius 2 is 0.914 bits per heavy atom. The van der Waals surface area contributed by atoms with Crippen molar-refractivity contribution in [2.24, 2.45) is 5.92 Å². The zero-order chi connectivity index (χ0) is 24.7. The van der Waals surface area contributed by atoms with E-state index in [1.54, 1.807) is 54.6 Å². The molecule has 0 aromatic heterocycles. The fourth-order valence-corrected chi connectivity index (χ4v) is 4.46. The number of ketones is 4. The molecule has 0 fully saturated rings. The van der Waals surface area contributed by atoms with Crippen LogP contribution in [0.3, 0.4) is 0 Å². The minimum atomic E-state index is -1.36. The molecule has 0 heterocycles. The van der Waals surface area contributed by atoms with Crippen LogP contribution in [-0.4, -0.2) is 33.3 Å². The molecule has 0 unspecified atom stereocenters. The van der Waals surface area contributed by atoms with Crippen LogP contribution in [0.1, 0.15) is 37.4 Å². The predicted octanol–water partition coefficient (Wildman–Crippen LogP) is 4.79. The van der Waals surface area contributed by atoms with E-state index in [-0.39, 0.29) is 33.4 Å². The monoisotopic (exact) mass is 462 g/mol. The van der Waals surface area contributed by atoms with Crippen molar-refractivity contribution in [1.82, 2.24) is 0 Å². The number of aliphatic hydroxyl groups excluding tert-OH is 2. The van der Waals surface area contributed by atoms with Crippen molar-refractivity contribution in [3.8, 4) is 0 Å². The van der Waals surface area contributed by atoms with E-state index in [9.17, 15) is 29.4 Å². The van der Waals surface area contributed by atoms with Gasteiger partial charge >= 0.3 is 0 Å². The van der Waals surface area contributed by atoms with Gasteiger partial charge in [0.15, 0.2) is 0 Å². The highest BCUT2D eigenvalue weighted by Gasteiger charge is 2.43. The quantitative estimate of drug-likeness (QED) is 0.540. The van der Waals surface area contributed by atoms with Crippen molar-refractivity contribution in [2.75, 3.05) is 0 Å². The maximum Gasteiger partial charge on any atom is 0.234 e. The third-order valence-corrected chi connectivity index (χ3v) is 6.17. The molecule has 0 bridgehead atoms. The van der Waals surface area contributed by atoms with E-state index in [0.717, 1.165) is 0 Å². The first-order valence-electron chi connectivity index (χ1n) is 10.9. The van der Waals surface area contributed by atoms with E-state index >= 15 is 0 Å². The Kier molecular flexibility index (Phi) is 5.34. The van der Waals surface area contributed by atoms with Gasteiger partial charge in [-0.1, -0.05) is 91.0 Å². The predicted molar refractivity (Wildman–Crippen MR) is 130 cm³/mol. The van der Waals surface area contributed by atoms with Crippen molar-refractivity contribution >= 4 is 40.7 Å². The average Bonchev–Trinajstić information content (AvgIpc) is 2.89. The molecule has 2 aliphatic carbocycles. The van der Waals surface area contributed by atoms with Crippen LogP contribution in [0.5, 0.6) is 0 Å². The Balaban J connectivity index is 1.78. The van der Waals surface area contributed by atoms with E-state index in [0.29, 0.717) is 5.56 Å². The van der Waals surface area contributed by atoms with Gasteiger partial charge in [0, 0.05) is 28.2 Å². The molecule has 0 spiro atoms. The van der Waals surface area contributed by atoms with E-state index in [4.69, 9.17) is 0 Å². The first-order chi connectivity index (χ1) is 16.9. The van der Waals surface area contributed by atoms with Gasteiger partial charge in [-0.15, -0.1) is 0 Å². The largest absolute Gasteiger partial charge is 0.507 e. The summed E-state index contributed by atoms with van der Waals surface area (Å²) in [7, 11) is 0. The number of carbonyl (C=O) groups is 4. The molecule has 2 N–H and O–H groups in total. The highest BCUT2D eigenvalue weighted by Crippen LogP contribution is 2.40. The molecule has 3 aromatic rings. The number of rotatable bonds is 4. The summed E-state index contributed by atoms with van der Waals surface area (Å²) in [5.74, 6) is -6.03. The Morgan fingerprint density at radius 3 is 1.37 bits per heavy atom. The topological polar surface area (TPSA) is 109 Å². The van der Waals surface area contributed by atoms with Crippen molar-refractivity contribution in [1.29, 1.82) is 0 Å². The van der Waals surface area contributed by atoms with Crippen LogP contribution in [0, 0.1) is 5.92 Å². The summed E-state index contributed by atoms with van der Waals surface area (Å²) in [5.41, 5.74) is 0.326. The van der Waals surface area contributed by atoms with Crippen molar-refractivity contribution in [2.45, 2.75) is 0 Å². The van der Waals surface area contributed by atoms with Gasteiger partial charge < -0.3 is 10.2 Å². The molecule has 5 rings (SSSR count). The second-order valence-corrected chi connectivity index (χ2v) is 8.18. The molecule has 170 valence electrons. The molecule has 0 saturated carbocycles.